The van der Waals surface area contributed by atoms with Gasteiger partial charge in [0.25, 0.3) is 0 Å². The molecule has 0 saturated carbocycles. The van der Waals surface area contributed by atoms with E-state index in [1.807, 2.05) is 6.07 Å². The van der Waals surface area contributed by atoms with Crippen LogP contribution in [0.4, 0.5) is 0 Å². The molecule has 0 aliphatic carbocycles. The third-order valence-electron chi connectivity index (χ3n) is 1.81. The number of aryl methyl sites for hydroxylation is 1. The highest BCUT2D eigenvalue weighted by Gasteiger charge is 1.95. The fraction of sp³-hybridized carbons (Fsp3) is 0.364. The fourth-order valence-electron chi connectivity index (χ4n) is 1.16. The molecule has 1 heteroatoms. The minimum absolute atomic E-state index is 0.0358. The summed E-state index contributed by atoms with van der Waals surface area (Å²) in [6.45, 7) is 5.52. The van der Waals surface area contributed by atoms with E-state index in [0.717, 1.165) is 19.3 Å². The Balaban J connectivity index is 2.25. The molecule has 0 spiro atoms. The zero-order chi connectivity index (χ0) is 8.81. The minimum atomic E-state index is 0.0358. The standard InChI is InChI=1S/C11H14S/c1-10(12)6-5-9-11-7-3-2-4-8-11/h1-4,7-8,10,12H,5-6,9H2. The second-order valence-corrected chi connectivity index (χ2v) is 3.61. The van der Waals surface area contributed by atoms with E-state index in [9.17, 15) is 0 Å². The van der Waals surface area contributed by atoms with E-state index < -0.39 is 0 Å². The van der Waals surface area contributed by atoms with Crippen LogP contribution in [-0.4, -0.2) is 5.25 Å². The normalized spacial score (nSPS) is 12.8. The number of hydrogen-bond donors (Lipinski definition) is 1. The van der Waals surface area contributed by atoms with Gasteiger partial charge in [-0.3, -0.25) is 0 Å². The molecule has 1 aromatic carbocycles. The van der Waals surface area contributed by atoms with Crippen LogP contribution >= 0.6 is 12.6 Å². The summed E-state index contributed by atoms with van der Waals surface area (Å²) in [4.78, 5) is 0. The summed E-state index contributed by atoms with van der Waals surface area (Å²) >= 11 is 4.12. The maximum atomic E-state index is 5.52. The molecule has 0 aliphatic heterocycles. The topological polar surface area (TPSA) is 0 Å². The molecule has 0 heterocycles. The number of hydrogen-bond acceptors (Lipinski definition) is 1. The Morgan fingerprint density at radius 2 is 1.92 bits per heavy atom. The average Bonchev–Trinajstić information content (AvgIpc) is 2.05. The van der Waals surface area contributed by atoms with Crippen LogP contribution in [0.15, 0.2) is 30.3 Å². The molecule has 0 saturated heterocycles. The highest BCUT2D eigenvalue weighted by Crippen LogP contribution is 2.08. The second-order valence-electron chi connectivity index (χ2n) is 2.95. The predicted octanol–water partition coefficient (Wildman–Crippen LogP) is 3.02. The quantitative estimate of drug-likeness (QED) is 0.673. The van der Waals surface area contributed by atoms with E-state index in [1.54, 1.807) is 0 Å². The smallest absolute Gasteiger partial charge is 0.00515 e. The zero-order valence-electron chi connectivity index (χ0n) is 7.11. The molecular formula is C11H14S. The summed E-state index contributed by atoms with van der Waals surface area (Å²) in [5, 5.41) is 0.0358. The lowest BCUT2D eigenvalue weighted by molar-refractivity contribution is 0.758. The number of rotatable bonds is 4. The first-order chi connectivity index (χ1) is 5.79. The first-order valence-corrected chi connectivity index (χ1v) is 4.78. The van der Waals surface area contributed by atoms with Crippen molar-refractivity contribution < 1.29 is 0 Å². The Kier molecular flexibility index (Phi) is 4.23. The molecule has 1 atom stereocenters. The van der Waals surface area contributed by atoms with Crippen LogP contribution in [0.1, 0.15) is 18.4 Å². The van der Waals surface area contributed by atoms with Gasteiger partial charge in [-0.25, -0.2) is 0 Å². The van der Waals surface area contributed by atoms with Crippen LogP contribution in [0.2, 0.25) is 0 Å². The summed E-state index contributed by atoms with van der Waals surface area (Å²) in [6, 6.07) is 10.5. The van der Waals surface area contributed by atoms with Crippen molar-refractivity contribution >= 4 is 12.6 Å². The van der Waals surface area contributed by atoms with Crippen LogP contribution in [0.3, 0.4) is 0 Å². The van der Waals surface area contributed by atoms with Crippen molar-refractivity contribution in [3.05, 3.63) is 42.8 Å². The minimum Gasteiger partial charge on any atom is -0.176 e. The molecule has 0 bridgehead atoms. The molecule has 0 nitrogen and oxygen atoms in total. The second kappa shape index (κ2) is 5.26. The van der Waals surface area contributed by atoms with Gasteiger partial charge in [0.15, 0.2) is 0 Å². The van der Waals surface area contributed by atoms with E-state index >= 15 is 0 Å². The fourth-order valence-corrected chi connectivity index (χ4v) is 1.34. The third-order valence-corrected chi connectivity index (χ3v) is 2.07. The van der Waals surface area contributed by atoms with Crippen LogP contribution < -0.4 is 0 Å². The molecule has 0 N–H and O–H groups in total. The van der Waals surface area contributed by atoms with Crippen molar-refractivity contribution in [1.29, 1.82) is 0 Å². The molecule has 0 aromatic heterocycles. The summed E-state index contributed by atoms with van der Waals surface area (Å²) in [7, 11) is 0. The van der Waals surface area contributed by atoms with Gasteiger partial charge in [-0.2, -0.15) is 12.6 Å². The third kappa shape index (κ3) is 3.82. The van der Waals surface area contributed by atoms with Crippen LogP contribution in [-0.2, 0) is 6.42 Å². The first kappa shape index (κ1) is 9.66. The van der Waals surface area contributed by atoms with Gasteiger partial charge in [-0.05, 0) is 31.7 Å². The predicted molar refractivity (Wildman–Crippen MR) is 56.5 cm³/mol. The van der Waals surface area contributed by atoms with E-state index in [1.165, 1.54) is 5.56 Å². The molecule has 1 rings (SSSR count). The van der Waals surface area contributed by atoms with Gasteiger partial charge in [-0.15, -0.1) is 0 Å². The van der Waals surface area contributed by atoms with Crippen LogP contribution in [0.5, 0.6) is 0 Å². The molecule has 64 valence electrons. The van der Waals surface area contributed by atoms with Gasteiger partial charge in [-0.1, -0.05) is 30.3 Å². The molecule has 1 aromatic rings. The van der Waals surface area contributed by atoms with Gasteiger partial charge in [0, 0.05) is 5.25 Å². The van der Waals surface area contributed by atoms with Gasteiger partial charge in [0.05, 0.1) is 0 Å². The summed E-state index contributed by atoms with van der Waals surface area (Å²) < 4.78 is 0. The van der Waals surface area contributed by atoms with E-state index in [4.69, 9.17) is 6.92 Å². The maximum absolute atomic E-state index is 5.52. The number of benzene rings is 1. The van der Waals surface area contributed by atoms with Crippen molar-refractivity contribution in [3.8, 4) is 0 Å². The van der Waals surface area contributed by atoms with E-state index in [-0.39, 0.29) is 5.25 Å². The molecule has 0 aliphatic rings. The molecule has 12 heavy (non-hydrogen) atoms. The highest BCUT2D eigenvalue weighted by molar-refractivity contribution is 7.81. The Bertz CT molecular complexity index is 204. The van der Waals surface area contributed by atoms with E-state index in [0.29, 0.717) is 0 Å². The Labute approximate surface area is 80.4 Å². The van der Waals surface area contributed by atoms with Crippen molar-refractivity contribution in [3.63, 3.8) is 0 Å². The van der Waals surface area contributed by atoms with Crippen molar-refractivity contribution in [1.82, 2.24) is 0 Å². The van der Waals surface area contributed by atoms with E-state index in [2.05, 4.69) is 36.9 Å². The van der Waals surface area contributed by atoms with Crippen LogP contribution in [0, 0.1) is 6.92 Å². The van der Waals surface area contributed by atoms with Gasteiger partial charge >= 0.3 is 0 Å². The Morgan fingerprint density at radius 1 is 1.25 bits per heavy atom. The molecular weight excluding hydrogens is 164 g/mol. The summed E-state index contributed by atoms with van der Waals surface area (Å²) in [5.74, 6) is 0. The molecule has 0 amide bonds. The lowest BCUT2D eigenvalue weighted by Gasteiger charge is -2.02. The monoisotopic (exact) mass is 178 g/mol. The summed E-state index contributed by atoms with van der Waals surface area (Å²) in [6.07, 6.45) is 3.21. The van der Waals surface area contributed by atoms with Gasteiger partial charge in [0.1, 0.15) is 0 Å². The zero-order valence-corrected chi connectivity index (χ0v) is 8.00. The largest absolute Gasteiger partial charge is 0.176 e. The summed E-state index contributed by atoms with van der Waals surface area (Å²) in [5.41, 5.74) is 1.38. The SMILES string of the molecule is [CH]C(S)CCCc1ccccc1. The van der Waals surface area contributed by atoms with Crippen LogP contribution in [0.25, 0.3) is 0 Å². The number of thiol groups is 1. The molecule has 1 unspecified atom stereocenters. The Hall–Kier alpha value is -0.430. The molecule has 2 radical (unpaired) electrons. The average molecular weight is 178 g/mol. The molecule has 0 fully saturated rings. The lowest BCUT2D eigenvalue weighted by Crippen LogP contribution is -1.93. The highest BCUT2D eigenvalue weighted by atomic mass is 32.1. The van der Waals surface area contributed by atoms with Crippen molar-refractivity contribution in [2.75, 3.05) is 0 Å². The first-order valence-electron chi connectivity index (χ1n) is 4.26. The Morgan fingerprint density at radius 3 is 2.50 bits per heavy atom. The lowest BCUT2D eigenvalue weighted by atomic mass is 10.1. The van der Waals surface area contributed by atoms with Gasteiger partial charge in [0.2, 0.25) is 0 Å². The van der Waals surface area contributed by atoms with Gasteiger partial charge < -0.3 is 0 Å². The maximum Gasteiger partial charge on any atom is 0.00515 e. The van der Waals surface area contributed by atoms with Crippen molar-refractivity contribution in [2.24, 2.45) is 0 Å². The van der Waals surface area contributed by atoms with Crippen molar-refractivity contribution in [2.45, 2.75) is 24.5 Å².